The average Bonchev–Trinajstić information content (AvgIpc) is 3.13. The van der Waals surface area contributed by atoms with Crippen LogP contribution in [-0.4, -0.2) is 38.7 Å². The zero-order chi connectivity index (χ0) is 21.4. The summed E-state index contributed by atoms with van der Waals surface area (Å²) in [6, 6.07) is 7.45. The van der Waals surface area contributed by atoms with Crippen LogP contribution in [0, 0.1) is 0 Å². The van der Waals surface area contributed by atoms with Crippen LogP contribution in [-0.2, 0) is 22.5 Å². The zero-order valence-corrected chi connectivity index (χ0v) is 20.0. The molecule has 2 aliphatic carbocycles. The molecule has 166 valence electrons. The van der Waals surface area contributed by atoms with Crippen molar-refractivity contribution in [2.24, 2.45) is 0 Å². The fraction of sp³-hybridized carbons (Fsp3) is 0.600. The normalized spacial score (nSPS) is 21.2. The molecule has 1 aliphatic heterocycles. The molecule has 2 aromatic rings. The molecular weight excluding hydrogens is 424 g/mol. The van der Waals surface area contributed by atoms with Crippen molar-refractivity contribution in [2.75, 3.05) is 18.9 Å². The first-order valence-electron chi connectivity index (χ1n) is 11.9. The van der Waals surface area contributed by atoms with Gasteiger partial charge in [-0.05, 0) is 80.4 Å². The van der Waals surface area contributed by atoms with Crippen LogP contribution in [0.2, 0.25) is 0 Å². The number of thioether (sulfide) groups is 1. The Hall–Kier alpha value is -1.53. The van der Waals surface area contributed by atoms with Gasteiger partial charge in [-0.1, -0.05) is 37.1 Å². The van der Waals surface area contributed by atoms with Crippen molar-refractivity contribution in [1.29, 1.82) is 0 Å². The van der Waals surface area contributed by atoms with Gasteiger partial charge in [-0.25, -0.2) is 0 Å². The van der Waals surface area contributed by atoms with Crippen molar-refractivity contribution >= 4 is 45.2 Å². The van der Waals surface area contributed by atoms with Crippen molar-refractivity contribution in [1.82, 2.24) is 9.47 Å². The Labute approximate surface area is 194 Å². The van der Waals surface area contributed by atoms with Crippen molar-refractivity contribution in [3.8, 4) is 0 Å². The topological polar surface area (TPSA) is 34.5 Å². The molecule has 31 heavy (non-hydrogen) atoms. The minimum absolute atomic E-state index is 0.185. The van der Waals surface area contributed by atoms with E-state index < -0.39 is 0 Å². The minimum atomic E-state index is 0.185. The van der Waals surface area contributed by atoms with Gasteiger partial charge in [0.1, 0.15) is 0 Å². The third-order valence-corrected chi connectivity index (χ3v) is 8.59. The van der Waals surface area contributed by atoms with Crippen LogP contribution in [0.25, 0.3) is 10.9 Å². The van der Waals surface area contributed by atoms with Gasteiger partial charge < -0.3 is 14.2 Å². The molecule has 4 nitrogen and oxygen atoms in total. The molecule has 5 rings (SSSR count). The number of aromatic nitrogens is 1. The first-order valence-corrected chi connectivity index (χ1v) is 13.3. The largest absolute Gasteiger partial charge is 0.479 e. The molecule has 3 aliphatic rings. The number of ether oxygens (including phenoxy) is 1. The lowest BCUT2D eigenvalue weighted by Gasteiger charge is -2.40. The van der Waals surface area contributed by atoms with Crippen LogP contribution in [0.1, 0.15) is 80.7 Å². The summed E-state index contributed by atoms with van der Waals surface area (Å²) in [4.78, 5) is 15.2. The van der Waals surface area contributed by atoms with E-state index in [1.807, 2.05) is 6.92 Å². The van der Waals surface area contributed by atoms with Crippen molar-refractivity contribution in [3.05, 3.63) is 35.0 Å². The second-order valence-corrected chi connectivity index (χ2v) is 10.7. The van der Waals surface area contributed by atoms with E-state index in [4.69, 9.17) is 17.0 Å². The zero-order valence-electron chi connectivity index (χ0n) is 18.4. The minimum Gasteiger partial charge on any atom is -0.479 e. The van der Waals surface area contributed by atoms with Gasteiger partial charge in [-0.15, -0.1) is 0 Å². The van der Waals surface area contributed by atoms with Crippen molar-refractivity contribution < 1.29 is 9.53 Å². The molecule has 1 aromatic carbocycles. The van der Waals surface area contributed by atoms with Gasteiger partial charge in [0.15, 0.2) is 0 Å². The van der Waals surface area contributed by atoms with E-state index in [0.717, 1.165) is 38.3 Å². The summed E-state index contributed by atoms with van der Waals surface area (Å²) in [5, 5.41) is 1.45. The highest BCUT2D eigenvalue weighted by Gasteiger charge is 2.37. The molecule has 1 fully saturated rings. The van der Waals surface area contributed by atoms with Gasteiger partial charge in [0, 0.05) is 29.7 Å². The summed E-state index contributed by atoms with van der Waals surface area (Å²) >= 11 is 6.55. The number of carbonyl (C=O) groups excluding carboxylic acids is 1. The number of hydrogen-bond donors (Lipinski definition) is 0. The molecule has 1 amide bonds. The molecule has 1 aromatic heterocycles. The van der Waals surface area contributed by atoms with E-state index in [0.29, 0.717) is 16.7 Å². The Morgan fingerprint density at radius 3 is 2.81 bits per heavy atom. The van der Waals surface area contributed by atoms with Crippen LogP contribution < -0.4 is 0 Å². The Morgan fingerprint density at radius 1 is 1.16 bits per heavy atom. The molecule has 6 heteroatoms. The van der Waals surface area contributed by atoms with E-state index in [1.165, 1.54) is 71.6 Å². The molecule has 0 radical (unpaired) electrons. The Kier molecular flexibility index (Phi) is 6.29. The number of fused-ring (bicyclic) bond motifs is 3. The summed E-state index contributed by atoms with van der Waals surface area (Å²) in [7, 11) is 0. The smallest absolute Gasteiger partial charge is 0.233 e. The maximum Gasteiger partial charge on any atom is 0.233 e. The lowest BCUT2D eigenvalue weighted by molar-refractivity contribution is -0.132. The van der Waals surface area contributed by atoms with Crippen LogP contribution in [0.15, 0.2) is 18.2 Å². The van der Waals surface area contributed by atoms with Crippen molar-refractivity contribution in [2.45, 2.75) is 76.8 Å². The second-order valence-electron chi connectivity index (χ2n) is 9.09. The fourth-order valence-corrected chi connectivity index (χ4v) is 6.88. The van der Waals surface area contributed by atoms with E-state index >= 15 is 0 Å². The maximum absolute atomic E-state index is 13.1. The average molecular weight is 457 g/mol. The lowest BCUT2D eigenvalue weighted by atomic mass is 9.83. The monoisotopic (exact) mass is 456 g/mol. The first kappa shape index (κ1) is 21.3. The molecule has 0 saturated heterocycles. The fourth-order valence-electron chi connectivity index (χ4n) is 5.97. The number of amides is 1. The Morgan fingerprint density at radius 2 is 2.00 bits per heavy atom. The van der Waals surface area contributed by atoms with Gasteiger partial charge in [0.05, 0.1) is 18.4 Å². The second kappa shape index (κ2) is 9.14. The number of thiocarbonyl (C=S) groups is 1. The van der Waals surface area contributed by atoms with E-state index in [-0.39, 0.29) is 11.9 Å². The summed E-state index contributed by atoms with van der Waals surface area (Å²) in [5.74, 6) is 1.28. The third kappa shape index (κ3) is 4.02. The van der Waals surface area contributed by atoms with Gasteiger partial charge in [0.2, 0.25) is 10.3 Å². The highest BCUT2D eigenvalue weighted by Crippen LogP contribution is 2.44. The van der Waals surface area contributed by atoms with E-state index in [1.54, 1.807) is 0 Å². The van der Waals surface area contributed by atoms with E-state index in [9.17, 15) is 4.79 Å². The molecule has 2 heterocycles. The number of benzene rings is 1. The van der Waals surface area contributed by atoms with Gasteiger partial charge in [-0.3, -0.25) is 4.79 Å². The van der Waals surface area contributed by atoms with E-state index in [2.05, 4.69) is 27.7 Å². The molecule has 1 saturated carbocycles. The molecule has 0 bridgehead atoms. The SMILES string of the molecule is CCOC(=S)SCC(=O)N1CCn2c3c(c4cc(C5CCCCC5)ccc42)CCCC31. The highest BCUT2D eigenvalue weighted by atomic mass is 32.2. The van der Waals surface area contributed by atoms with Crippen LogP contribution in [0.3, 0.4) is 0 Å². The predicted molar refractivity (Wildman–Crippen MR) is 132 cm³/mol. The molecule has 0 N–H and O–H groups in total. The Balaban J connectivity index is 1.43. The highest BCUT2D eigenvalue weighted by molar-refractivity contribution is 8.23. The number of rotatable bonds is 4. The maximum atomic E-state index is 13.1. The first-order chi connectivity index (χ1) is 15.2. The number of hydrogen-bond acceptors (Lipinski definition) is 4. The number of aryl methyl sites for hydroxylation is 1. The van der Waals surface area contributed by atoms with Gasteiger partial charge in [0.25, 0.3) is 0 Å². The number of nitrogens with zero attached hydrogens (tertiary/aromatic N) is 2. The van der Waals surface area contributed by atoms with Crippen LogP contribution in [0.4, 0.5) is 0 Å². The quantitative estimate of drug-likeness (QED) is 0.532. The van der Waals surface area contributed by atoms with Gasteiger partial charge >= 0.3 is 0 Å². The third-order valence-electron chi connectivity index (χ3n) is 7.37. The van der Waals surface area contributed by atoms with Crippen LogP contribution >= 0.6 is 24.0 Å². The predicted octanol–water partition coefficient (Wildman–Crippen LogP) is 5.96. The van der Waals surface area contributed by atoms with Crippen LogP contribution in [0.5, 0.6) is 0 Å². The molecular formula is C25H32N2O2S2. The lowest BCUT2D eigenvalue weighted by Crippen LogP contribution is -2.44. The van der Waals surface area contributed by atoms with Gasteiger partial charge in [-0.2, -0.15) is 0 Å². The number of carbonyl (C=O) groups is 1. The summed E-state index contributed by atoms with van der Waals surface area (Å²) < 4.78 is 8.33. The molecule has 1 unspecified atom stereocenters. The Bertz CT molecular complexity index is 993. The summed E-state index contributed by atoms with van der Waals surface area (Å²) in [6.45, 7) is 4.14. The summed E-state index contributed by atoms with van der Waals surface area (Å²) in [5.41, 5.74) is 5.80. The van der Waals surface area contributed by atoms with Crippen molar-refractivity contribution in [3.63, 3.8) is 0 Å². The molecule has 0 spiro atoms. The molecule has 1 atom stereocenters. The summed E-state index contributed by atoms with van der Waals surface area (Å²) in [6.07, 6.45) is 10.1. The standard InChI is InChI=1S/C25H32N2O2S2/c1-2-29-25(30)31-16-23(28)26-13-14-27-21-12-11-18(17-7-4-3-5-8-17)15-20(21)19-9-6-10-22(26)24(19)27/h11-12,15,17,22H,2-10,13-14,16H2,1H3.